The molecule has 172 valence electrons. The van der Waals surface area contributed by atoms with E-state index in [1.54, 1.807) is 13.2 Å². The van der Waals surface area contributed by atoms with E-state index in [-0.39, 0.29) is 5.91 Å². The summed E-state index contributed by atoms with van der Waals surface area (Å²) >= 11 is 7.58. The SMILES string of the molecule is COc1cc(C=CC(=O)Nc2nc(-c3ccccc3Cl)cs2)ccc1OCc1ccccc1C. The maximum absolute atomic E-state index is 12.4. The molecule has 1 aromatic heterocycles. The average Bonchev–Trinajstić information content (AvgIpc) is 3.30. The number of aromatic nitrogens is 1. The molecule has 0 aliphatic heterocycles. The van der Waals surface area contributed by atoms with Crippen LogP contribution in [0.15, 0.2) is 78.2 Å². The van der Waals surface area contributed by atoms with Gasteiger partial charge in [0.25, 0.3) is 0 Å². The molecule has 0 aliphatic rings. The number of hydrogen-bond donors (Lipinski definition) is 1. The predicted molar refractivity (Wildman–Crippen MR) is 139 cm³/mol. The second-order valence-electron chi connectivity index (χ2n) is 7.47. The Hall–Kier alpha value is -3.61. The minimum Gasteiger partial charge on any atom is -0.493 e. The van der Waals surface area contributed by atoms with E-state index in [1.807, 2.05) is 66.0 Å². The maximum Gasteiger partial charge on any atom is 0.250 e. The first-order valence-electron chi connectivity index (χ1n) is 10.6. The molecule has 0 saturated heterocycles. The molecule has 7 heteroatoms. The molecule has 5 nitrogen and oxygen atoms in total. The van der Waals surface area contributed by atoms with Crippen molar-refractivity contribution in [2.24, 2.45) is 0 Å². The molecule has 0 bridgehead atoms. The Labute approximate surface area is 207 Å². The lowest BCUT2D eigenvalue weighted by molar-refractivity contribution is -0.111. The molecule has 0 fully saturated rings. The highest BCUT2D eigenvalue weighted by molar-refractivity contribution is 7.14. The topological polar surface area (TPSA) is 60.5 Å². The molecule has 4 aromatic rings. The van der Waals surface area contributed by atoms with E-state index in [1.165, 1.54) is 23.0 Å². The summed E-state index contributed by atoms with van der Waals surface area (Å²) in [5.74, 6) is 0.960. The first kappa shape index (κ1) is 23.5. The number of halogens is 1. The van der Waals surface area contributed by atoms with Crippen molar-refractivity contribution in [3.8, 4) is 22.8 Å². The normalized spacial score (nSPS) is 10.9. The van der Waals surface area contributed by atoms with Crippen molar-refractivity contribution in [3.63, 3.8) is 0 Å². The van der Waals surface area contributed by atoms with Crippen molar-refractivity contribution in [1.29, 1.82) is 0 Å². The zero-order valence-electron chi connectivity index (χ0n) is 18.7. The standard InChI is InChI=1S/C27H23ClN2O3S/c1-18-7-3-4-8-20(18)16-33-24-13-11-19(15-25(24)32-2)12-14-26(31)30-27-29-23(17-34-27)21-9-5-6-10-22(21)28/h3-15,17H,16H2,1-2H3,(H,29,30,31). The number of amides is 1. The van der Waals surface area contributed by atoms with E-state index in [9.17, 15) is 4.79 Å². The smallest absolute Gasteiger partial charge is 0.250 e. The number of anilines is 1. The second-order valence-corrected chi connectivity index (χ2v) is 8.73. The summed E-state index contributed by atoms with van der Waals surface area (Å²) in [7, 11) is 1.59. The van der Waals surface area contributed by atoms with Crippen LogP contribution in [-0.2, 0) is 11.4 Å². The van der Waals surface area contributed by atoms with E-state index in [2.05, 4.69) is 23.3 Å². The highest BCUT2D eigenvalue weighted by Gasteiger charge is 2.10. The molecule has 1 heterocycles. The summed E-state index contributed by atoms with van der Waals surface area (Å²) < 4.78 is 11.4. The Kier molecular flexibility index (Phi) is 7.62. The van der Waals surface area contributed by atoms with Gasteiger partial charge in [-0.15, -0.1) is 11.3 Å². The molecule has 0 atom stereocenters. The third-order valence-electron chi connectivity index (χ3n) is 5.14. The minimum absolute atomic E-state index is 0.279. The summed E-state index contributed by atoms with van der Waals surface area (Å²) in [4.78, 5) is 16.9. The fraction of sp³-hybridized carbons (Fsp3) is 0.111. The third kappa shape index (κ3) is 5.84. The third-order valence-corrected chi connectivity index (χ3v) is 6.23. The van der Waals surface area contributed by atoms with Gasteiger partial charge in [0, 0.05) is 22.0 Å². The van der Waals surface area contributed by atoms with Gasteiger partial charge < -0.3 is 9.47 Å². The summed E-state index contributed by atoms with van der Waals surface area (Å²) in [5.41, 5.74) is 4.65. The van der Waals surface area contributed by atoms with Gasteiger partial charge in [0.1, 0.15) is 6.61 Å². The quantitative estimate of drug-likeness (QED) is 0.270. The Morgan fingerprint density at radius 2 is 1.88 bits per heavy atom. The van der Waals surface area contributed by atoms with Crippen molar-refractivity contribution in [1.82, 2.24) is 4.98 Å². The van der Waals surface area contributed by atoms with E-state index in [0.717, 1.165) is 22.4 Å². The zero-order valence-corrected chi connectivity index (χ0v) is 20.3. The van der Waals surface area contributed by atoms with Crippen molar-refractivity contribution >= 4 is 40.1 Å². The highest BCUT2D eigenvalue weighted by Crippen LogP contribution is 2.31. The fourth-order valence-corrected chi connectivity index (χ4v) is 4.22. The number of ether oxygens (including phenoxy) is 2. The number of nitrogens with one attached hydrogen (secondary N) is 1. The van der Waals surface area contributed by atoms with Gasteiger partial charge in [0.15, 0.2) is 16.6 Å². The van der Waals surface area contributed by atoms with Gasteiger partial charge in [0.2, 0.25) is 5.91 Å². The fourth-order valence-electron chi connectivity index (χ4n) is 3.28. The van der Waals surface area contributed by atoms with Crippen LogP contribution in [0.25, 0.3) is 17.3 Å². The number of nitrogens with zero attached hydrogens (tertiary/aromatic N) is 1. The van der Waals surface area contributed by atoms with Crippen molar-refractivity contribution in [2.75, 3.05) is 12.4 Å². The van der Waals surface area contributed by atoms with Crippen LogP contribution in [-0.4, -0.2) is 18.0 Å². The Balaban J connectivity index is 1.39. The van der Waals surface area contributed by atoms with Gasteiger partial charge in [-0.1, -0.05) is 60.1 Å². The zero-order chi connectivity index (χ0) is 23.9. The number of thiazole rings is 1. The lowest BCUT2D eigenvalue weighted by Crippen LogP contribution is -2.07. The van der Waals surface area contributed by atoms with Gasteiger partial charge in [-0.2, -0.15) is 0 Å². The largest absolute Gasteiger partial charge is 0.493 e. The lowest BCUT2D eigenvalue weighted by Gasteiger charge is -2.12. The Bertz CT molecular complexity index is 1330. The number of aryl methyl sites for hydroxylation is 1. The maximum atomic E-state index is 12.4. The molecule has 0 spiro atoms. The Morgan fingerprint density at radius 3 is 2.68 bits per heavy atom. The molecule has 1 amide bonds. The van der Waals surface area contributed by atoms with Gasteiger partial charge in [-0.25, -0.2) is 4.98 Å². The monoisotopic (exact) mass is 490 g/mol. The summed E-state index contributed by atoms with van der Waals surface area (Å²) in [6.45, 7) is 2.50. The molecular weight excluding hydrogens is 468 g/mol. The molecule has 34 heavy (non-hydrogen) atoms. The molecule has 0 unspecified atom stereocenters. The molecule has 4 rings (SSSR count). The van der Waals surface area contributed by atoms with Gasteiger partial charge >= 0.3 is 0 Å². The van der Waals surface area contributed by atoms with Crippen LogP contribution in [0.5, 0.6) is 11.5 Å². The van der Waals surface area contributed by atoms with Gasteiger partial charge in [-0.05, 0) is 47.9 Å². The van der Waals surface area contributed by atoms with Crippen LogP contribution in [0.2, 0.25) is 5.02 Å². The van der Waals surface area contributed by atoms with Gasteiger partial charge in [0.05, 0.1) is 12.8 Å². The van der Waals surface area contributed by atoms with E-state index < -0.39 is 0 Å². The van der Waals surface area contributed by atoms with Crippen LogP contribution >= 0.6 is 22.9 Å². The molecule has 0 saturated carbocycles. The van der Waals surface area contributed by atoms with E-state index >= 15 is 0 Å². The van der Waals surface area contributed by atoms with Crippen LogP contribution in [0, 0.1) is 6.92 Å². The van der Waals surface area contributed by atoms with Crippen molar-refractivity contribution in [2.45, 2.75) is 13.5 Å². The Morgan fingerprint density at radius 1 is 1.09 bits per heavy atom. The van der Waals surface area contributed by atoms with Crippen LogP contribution in [0.4, 0.5) is 5.13 Å². The highest BCUT2D eigenvalue weighted by atomic mass is 35.5. The number of carbonyl (C=O) groups is 1. The predicted octanol–water partition coefficient (Wildman–Crippen LogP) is 7.01. The lowest BCUT2D eigenvalue weighted by atomic mass is 10.1. The molecule has 1 N–H and O–H groups in total. The van der Waals surface area contributed by atoms with Crippen molar-refractivity contribution < 1.29 is 14.3 Å². The average molecular weight is 491 g/mol. The number of methoxy groups -OCH3 is 1. The van der Waals surface area contributed by atoms with Crippen LogP contribution < -0.4 is 14.8 Å². The summed E-state index contributed by atoms with van der Waals surface area (Å²) in [6.07, 6.45) is 3.17. The minimum atomic E-state index is -0.279. The van der Waals surface area contributed by atoms with Crippen LogP contribution in [0.3, 0.4) is 0 Å². The first-order valence-corrected chi connectivity index (χ1v) is 11.8. The first-order chi connectivity index (χ1) is 16.5. The van der Waals surface area contributed by atoms with Gasteiger partial charge in [-0.3, -0.25) is 10.1 Å². The number of hydrogen-bond acceptors (Lipinski definition) is 5. The molecule has 0 aliphatic carbocycles. The summed E-state index contributed by atoms with van der Waals surface area (Å²) in [5, 5.41) is 5.77. The number of benzene rings is 3. The molecule has 0 radical (unpaired) electrons. The van der Waals surface area contributed by atoms with Crippen molar-refractivity contribution in [3.05, 3.63) is 99.9 Å². The van der Waals surface area contributed by atoms with E-state index in [4.69, 9.17) is 21.1 Å². The molecule has 3 aromatic carbocycles. The summed E-state index contributed by atoms with van der Waals surface area (Å²) in [6, 6.07) is 21.1. The van der Waals surface area contributed by atoms with Crippen LogP contribution in [0.1, 0.15) is 16.7 Å². The number of rotatable bonds is 8. The number of carbonyl (C=O) groups excluding carboxylic acids is 1. The second kappa shape index (κ2) is 11.0. The van der Waals surface area contributed by atoms with E-state index in [0.29, 0.717) is 28.3 Å². The molecular formula is C27H23ClN2O3S.